The topological polar surface area (TPSA) is 90.2 Å². The zero-order valence-corrected chi connectivity index (χ0v) is 17.0. The summed E-state index contributed by atoms with van der Waals surface area (Å²) in [7, 11) is 0. The number of rotatable bonds is 5. The minimum atomic E-state index is -0.159. The number of hydrogen-bond acceptors (Lipinski definition) is 6. The first-order valence-corrected chi connectivity index (χ1v) is 9.64. The lowest BCUT2D eigenvalue weighted by Gasteiger charge is -2.31. The number of hydrogen-bond donors (Lipinski definition) is 0. The molecular formula is C18H22BrN5O3. The van der Waals surface area contributed by atoms with Crippen LogP contribution >= 0.6 is 15.9 Å². The second kappa shape index (κ2) is 8.60. The Hall–Kier alpha value is -2.29. The summed E-state index contributed by atoms with van der Waals surface area (Å²) in [6.45, 7) is 5.38. The summed E-state index contributed by atoms with van der Waals surface area (Å²) in [5.41, 5.74) is 1.12. The Labute approximate surface area is 165 Å². The predicted octanol–water partition coefficient (Wildman–Crippen LogP) is 1.73. The molecule has 0 aromatic carbocycles. The highest BCUT2D eigenvalue weighted by atomic mass is 79.9. The molecule has 0 aliphatic carbocycles. The van der Waals surface area contributed by atoms with Crippen LogP contribution in [0.15, 0.2) is 28.0 Å². The number of carbonyl (C=O) groups excluding carboxylic acids is 1. The Morgan fingerprint density at radius 3 is 2.56 bits per heavy atom. The van der Waals surface area contributed by atoms with E-state index in [1.165, 1.54) is 10.9 Å². The fraction of sp³-hybridized carbons (Fsp3) is 0.500. The molecule has 1 saturated heterocycles. The van der Waals surface area contributed by atoms with Crippen molar-refractivity contribution in [3.05, 3.63) is 44.8 Å². The zero-order chi connectivity index (χ0) is 19.4. The molecule has 0 N–H and O–H groups in total. The maximum atomic E-state index is 12.5. The molecule has 1 aliphatic heterocycles. The van der Waals surface area contributed by atoms with E-state index in [9.17, 15) is 9.59 Å². The van der Waals surface area contributed by atoms with E-state index in [0.29, 0.717) is 42.9 Å². The van der Waals surface area contributed by atoms with Gasteiger partial charge in [0.2, 0.25) is 5.91 Å². The summed E-state index contributed by atoms with van der Waals surface area (Å²) in [5, 5.41) is 0. The molecule has 0 bridgehead atoms. The van der Waals surface area contributed by atoms with Gasteiger partial charge in [-0.1, -0.05) is 0 Å². The van der Waals surface area contributed by atoms with Crippen LogP contribution in [0.3, 0.4) is 0 Å². The lowest BCUT2D eigenvalue weighted by atomic mass is 9.98. The van der Waals surface area contributed by atoms with Gasteiger partial charge in [-0.15, -0.1) is 0 Å². The lowest BCUT2D eigenvalue weighted by molar-refractivity contribution is -0.133. The lowest BCUT2D eigenvalue weighted by Crippen LogP contribution is -2.42. The number of nitrogens with zero attached hydrogens (tertiary/aromatic N) is 5. The predicted molar refractivity (Wildman–Crippen MR) is 103 cm³/mol. The summed E-state index contributed by atoms with van der Waals surface area (Å²) in [6.07, 6.45) is 6.44. The second-order valence-corrected chi connectivity index (χ2v) is 7.62. The van der Waals surface area contributed by atoms with E-state index in [0.717, 1.165) is 17.3 Å². The van der Waals surface area contributed by atoms with Crippen molar-refractivity contribution in [1.82, 2.24) is 24.4 Å². The van der Waals surface area contributed by atoms with Crippen LogP contribution in [-0.2, 0) is 11.3 Å². The second-order valence-electron chi connectivity index (χ2n) is 6.71. The zero-order valence-electron chi connectivity index (χ0n) is 15.4. The Kier molecular flexibility index (Phi) is 6.20. The van der Waals surface area contributed by atoms with Gasteiger partial charge in [-0.2, -0.15) is 0 Å². The molecule has 2 aromatic heterocycles. The van der Waals surface area contributed by atoms with Crippen molar-refractivity contribution >= 4 is 21.8 Å². The van der Waals surface area contributed by atoms with E-state index < -0.39 is 0 Å². The van der Waals surface area contributed by atoms with Crippen molar-refractivity contribution in [3.8, 4) is 6.01 Å². The molecule has 0 saturated carbocycles. The van der Waals surface area contributed by atoms with Crippen LogP contribution in [0.1, 0.15) is 24.1 Å². The van der Waals surface area contributed by atoms with Crippen molar-refractivity contribution in [1.29, 1.82) is 0 Å². The number of amides is 1. The van der Waals surface area contributed by atoms with E-state index in [1.807, 2.05) is 0 Å². The number of aromatic nitrogens is 4. The van der Waals surface area contributed by atoms with Crippen LogP contribution < -0.4 is 10.3 Å². The molecule has 1 amide bonds. The molecule has 0 atom stereocenters. The summed E-state index contributed by atoms with van der Waals surface area (Å²) >= 11 is 3.29. The first kappa shape index (κ1) is 19.5. The highest BCUT2D eigenvalue weighted by molar-refractivity contribution is 9.10. The fourth-order valence-corrected chi connectivity index (χ4v) is 3.16. The van der Waals surface area contributed by atoms with Crippen molar-refractivity contribution < 1.29 is 9.53 Å². The number of piperidine rings is 1. The largest absolute Gasteiger partial charge is 0.463 e. The van der Waals surface area contributed by atoms with Gasteiger partial charge in [-0.3, -0.25) is 14.2 Å². The van der Waals surface area contributed by atoms with Crippen LogP contribution in [0, 0.1) is 19.8 Å². The van der Waals surface area contributed by atoms with Crippen LogP contribution in [-0.4, -0.2) is 50.0 Å². The van der Waals surface area contributed by atoms with E-state index >= 15 is 0 Å². The van der Waals surface area contributed by atoms with E-state index in [-0.39, 0.29) is 18.0 Å². The van der Waals surface area contributed by atoms with Gasteiger partial charge in [0.25, 0.3) is 5.56 Å². The van der Waals surface area contributed by atoms with Gasteiger partial charge in [0.05, 0.1) is 17.4 Å². The number of aryl methyl sites for hydroxylation is 1. The third kappa shape index (κ3) is 4.91. The maximum Gasteiger partial charge on any atom is 0.316 e. The Morgan fingerprint density at radius 1 is 1.22 bits per heavy atom. The van der Waals surface area contributed by atoms with Crippen LogP contribution in [0.4, 0.5) is 0 Å². The smallest absolute Gasteiger partial charge is 0.316 e. The molecule has 3 heterocycles. The molecule has 8 nitrogen and oxygen atoms in total. The number of ether oxygens (including phenoxy) is 1. The summed E-state index contributed by atoms with van der Waals surface area (Å²) in [4.78, 5) is 38.9. The van der Waals surface area contributed by atoms with Gasteiger partial charge in [0.1, 0.15) is 6.54 Å². The van der Waals surface area contributed by atoms with Crippen LogP contribution in [0.25, 0.3) is 0 Å². The molecule has 27 heavy (non-hydrogen) atoms. The first-order chi connectivity index (χ1) is 12.9. The van der Waals surface area contributed by atoms with Gasteiger partial charge in [0, 0.05) is 36.7 Å². The van der Waals surface area contributed by atoms with Gasteiger partial charge in [0.15, 0.2) is 0 Å². The van der Waals surface area contributed by atoms with Gasteiger partial charge < -0.3 is 9.64 Å². The van der Waals surface area contributed by atoms with E-state index in [4.69, 9.17) is 4.74 Å². The molecule has 1 aliphatic rings. The summed E-state index contributed by atoms with van der Waals surface area (Å²) < 4.78 is 7.82. The average molecular weight is 436 g/mol. The molecule has 144 valence electrons. The van der Waals surface area contributed by atoms with Crippen molar-refractivity contribution in [2.75, 3.05) is 19.7 Å². The molecular weight excluding hydrogens is 414 g/mol. The highest BCUT2D eigenvalue weighted by Crippen LogP contribution is 2.19. The summed E-state index contributed by atoms with van der Waals surface area (Å²) in [6, 6.07) is 0.360. The third-order valence-electron chi connectivity index (χ3n) is 4.83. The first-order valence-electron chi connectivity index (χ1n) is 8.85. The normalized spacial score (nSPS) is 15.0. The van der Waals surface area contributed by atoms with Crippen LogP contribution in [0.2, 0.25) is 0 Å². The van der Waals surface area contributed by atoms with Crippen molar-refractivity contribution in [2.24, 2.45) is 5.92 Å². The summed E-state index contributed by atoms with van der Waals surface area (Å²) in [5.74, 6) is 0.296. The van der Waals surface area contributed by atoms with E-state index in [1.54, 1.807) is 31.1 Å². The van der Waals surface area contributed by atoms with E-state index in [2.05, 4.69) is 30.9 Å². The van der Waals surface area contributed by atoms with Gasteiger partial charge in [-0.05, 0) is 48.5 Å². The minimum Gasteiger partial charge on any atom is -0.463 e. The van der Waals surface area contributed by atoms with Gasteiger partial charge >= 0.3 is 6.01 Å². The highest BCUT2D eigenvalue weighted by Gasteiger charge is 2.24. The SMILES string of the molecule is Cc1ncn(CC(=O)N2CCC(COc3ncc(Br)cn3)CC2)c(=O)c1C. The maximum absolute atomic E-state index is 12.5. The Morgan fingerprint density at radius 2 is 1.89 bits per heavy atom. The van der Waals surface area contributed by atoms with Crippen LogP contribution in [0.5, 0.6) is 6.01 Å². The quantitative estimate of drug-likeness (QED) is 0.709. The van der Waals surface area contributed by atoms with Crippen molar-refractivity contribution in [3.63, 3.8) is 0 Å². The standard InChI is InChI=1S/C18H22BrN5O3/c1-12-13(2)22-11-24(17(12)26)9-16(25)23-5-3-14(4-6-23)10-27-18-20-7-15(19)8-21-18/h7-8,11,14H,3-6,9-10H2,1-2H3. The third-order valence-corrected chi connectivity index (χ3v) is 5.24. The fourth-order valence-electron chi connectivity index (χ4n) is 2.95. The monoisotopic (exact) mass is 435 g/mol. The van der Waals surface area contributed by atoms with Gasteiger partial charge in [-0.25, -0.2) is 15.0 Å². The Balaban J connectivity index is 1.48. The molecule has 2 aromatic rings. The Bertz CT molecular complexity index is 860. The average Bonchev–Trinajstić information content (AvgIpc) is 2.68. The molecule has 3 rings (SSSR count). The number of halogens is 1. The molecule has 1 fully saturated rings. The molecule has 0 unspecified atom stereocenters. The van der Waals surface area contributed by atoms with Crippen molar-refractivity contribution in [2.45, 2.75) is 33.2 Å². The minimum absolute atomic E-state index is 0.0286. The molecule has 0 radical (unpaired) electrons. The molecule has 0 spiro atoms. The molecule has 9 heteroatoms. The number of carbonyl (C=O) groups is 1. The number of likely N-dealkylation sites (tertiary alicyclic amines) is 1.